The molecule has 1 aromatic rings. The van der Waals surface area contributed by atoms with Crippen LogP contribution in [0.25, 0.3) is 0 Å². The Hall–Kier alpha value is -0.960. The van der Waals surface area contributed by atoms with Crippen molar-refractivity contribution in [3.05, 3.63) is 17.6 Å². The molecule has 0 aromatic carbocycles. The maximum absolute atomic E-state index is 5.85. The molecule has 3 nitrogen and oxygen atoms in total. The molecule has 14 heavy (non-hydrogen) atoms. The molecule has 78 valence electrons. The van der Waals surface area contributed by atoms with Crippen LogP contribution >= 0.6 is 0 Å². The smallest absolute Gasteiger partial charge is 0.161 e. The predicted molar refractivity (Wildman–Crippen MR) is 54.7 cm³/mol. The number of furan rings is 1. The summed E-state index contributed by atoms with van der Waals surface area (Å²) in [4.78, 5) is 0. The summed E-state index contributed by atoms with van der Waals surface area (Å²) >= 11 is 0. The normalized spacial score (nSPS) is 22.3. The van der Waals surface area contributed by atoms with Gasteiger partial charge in [0.1, 0.15) is 17.6 Å². The van der Waals surface area contributed by atoms with Crippen molar-refractivity contribution in [3.63, 3.8) is 0 Å². The third-order valence-electron chi connectivity index (χ3n) is 2.54. The molecule has 1 aromatic heterocycles. The summed E-state index contributed by atoms with van der Waals surface area (Å²) in [5.41, 5.74) is 0. The Balaban J connectivity index is 1.98. The third kappa shape index (κ3) is 2.10. The summed E-state index contributed by atoms with van der Waals surface area (Å²) in [7, 11) is 0. The Morgan fingerprint density at radius 2 is 2.36 bits per heavy atom. The zero-order chi connectivity index (χ0) is 9.97. The molecule has 0 radical (unpaired) electrons. The minimum absolute atomic E-state index is 0.305. The first-order valence-electron chi connectivity index (χ1n) is 5.20. The summed E-state index contributed by atoms with van der Waals surface area (Å²) in [6.45, 7) is 5.95. The fourth-order valence-corrected chi connectivity index (χ4v) is 1.82. The van der Waals surface area contributed by atoms with Crippen LogP contribution in [0.5, 0.6) is 5.75 Å². The maximum Gasteiger partial charge on any atom is 0.161 e. The van der Waals surface area contributed by atoms with Crippen molar-refractivity contribution in [2.45, 2.75) is 32.8 Å². The molecule has 1 unspecified atom stereocenters. The van der Waals surface area contributed by atoms with Gasteiger partial charge in [0, 0.05) is 12.6 Å². The minimum Gasteiger partial charge on any atom is -0.485 e. The van der Waals surface area contributed by atoms with Crippen LogP contribution in [0.3, 0.4) is 0 Å². The van der Waals surface area contributed by atoms with Crippen LogP contribution < -0.4 is 10.1 Å². The zero-order valence-electron chi connectivity index (χ0n) is 8.80. The monoisotopic (exact) mass is 195 g/mol. The molecule has 0 saturated carbocycles. The first-order chi connectivity index (χ1) is 6.75. The van der Waals surface area contributed by atoms with Crippen LogP contribution in [-0.2, 0) is 0 Å². The highest BCUT2D eigenvalue weighted by molar-refractivity contribution is 5.27. The van der Waals surface area contributed by atoms with Gasteiger partial charge in [-0.1, -0.05) is 0 Å². The SMILES string of the molecule is Cc1cc(OC2CCCNC2)c(C)o1. The minimum atomic E-state index is 0.305. The number of piperidine rings is 1. The number of hydrogen-bond acceptors (Lipinski definition) is 3. The second kappa shape index (κ2) is 4.05. The fourth-order valence-electron chi connectivity index (χ4n) is 1.82. The first kappa shape index (κ1) is 9.59. The Labute approximate surface area is 84.4 Å². The van der Waals surface area contributed by atoms with E-state index in [1.807, 2.05) is 19.9 Å². The van der Waals surface area contributed by atoms with Gasteiger partial charge in [-0.2, -0.15) is 0 Å². The highest BCUT2D eigenvalue weighted by Gasteiger charge is 2.16. The molecule has 2 rings (SSSR count). The van der Waals surface area contributed by atoms with Gasteiger partial charge in [0.15, 0.2) is 5.75 Å². The van der Waals surface area contributed by atoms with Crippen LogP contribution in [0.4, 0.5) is 0 Å². The fraction of sp³-hybridized carbons (Fsp3) is 0.636. The average molecular weight is 195 g/mol. The second-order valence-electron chi connectivity index (χ2n) is 3.86. The van der Waals surface area contributed by atoms with E-state index in [1.54, 1.807) is 0 Å². The molecule has 1 aliphatic rings. The predicted octanol–water partition coefficient (Wildman–Crippen LogP) is 2.03. The molecule has 1 aliphatic heterocycles. The van der Waals surface area contributed by atoms with E-state index < -0.39 is 0 Å². The summed E-state index contributed by atoms with van der Waals surface area (Å²) in [5.74, 6) is 2.70. The topological polar surface area (TPSA) is 34.4 Å². The van der Waals surface area contributed by atoms with Crippen LogP contribution in [0.2, 0.25) is 0 Å². The molecule has 1 fully saturated rings. The van der Waals surface area contributed by atoms with Gasteiger partial charge in [0.25, 0.3) is 0 Å². The molecule has 1 saturated heterocycles. The van der Waals surface area contributed by atoms with E-state index >= 15 is 0 Å². The van der Waals surface area contributed by atoms with Crippen molar-refractivity contribution in [2.24, 2.45) is 0 Å². The van der Waals surface area contributed by atoms with Gasteiger partial charge < -0.3 is 14.5 Å². The van der Waals surface area contributed by atoms with Crippen molar-refractivity contribution in [1.29, 1.82) is 0 Å². The van der Waals surface area contributed by atoms with Crippen molar-refractivity contribution >= 4 is 0 Å². The van der Waals surface area contributed by atoms with Gasteiger partial charge in [0.2, 0.25) is 0 Å². The average Bonchev–Trinajstić information content (AvgIpc) is 2.47. The number of hydrogen-bond donors (Lipinski definition) is 1. The van der Waals surface area contributed by atoms with Crippen LogP contribution in [0.15, 0.2) is 10.5 Å². The lowest BCUT2D eigenvalue weighted by molar-refractivity contribution is 0.164. The molecule has 0 amide bonds. The molecular weight excluding hydrogens is 178 g/mol. The van der Waals surface area contributed by atoms with Crippen molar-refractivity contribution in [1.82, 2.24) is 5.32 Å². The van der Waals surface area contributed by atoms with Crippen LogP contribution in [-0.4, -0.2) is 19.2 Å². The summed E-state index contributed by atoms with van der Waals surface area (Å²) in [5, 5.41) is 3.33. The molecule has 1 N–H and O–H groups in total. The number of nitrogens with one attached hydrogen (secondary N) is 1. The third-order valence-corrected chi connectivity index (χ3v) is 2.54. The van der Waals surface area contributed by atoms with E-state index in [0.717, 1.165) is 36.8 Å². The lowest BCUT2D eigenvalue weighted by Gasteiger charge is -2.23. The van der Waals surface area contributed by atoms with E-state index in [4.69, 9.17) is 9.15 Å². The summed E-state index contributed by atoms with van der Waals surface area (Å²) < 4.78 is 11.3. The highest BCUT2D eigenvalue weighted by atomic mass is 16.5. The molecule has 3 heteroatoms. The van der Waals surface area contributed by atoms with Gasteiger partial charge >= 0.3 is 0 Å². The Bertz CT molecular complexity index is 300. The van der Waals surface area contributed by atoms with Gasteiger partial charge in [-0.3, -0.25) is 0 Å². The largest absolute Gasteiger partial charge is 0.485 e. The van der Waals surface area contributed by atoms with Crippen molar-refractivity contribution < 1.29 is 9.15 Å². The quantitative estimate of drug-likeness (QED) is 0.784. The number of rotatable bonds is 2. The Morgan fingerprint density at radius 1 is 1.50 bits per heavy atom. The molecular formula is C11H17NO2. The first-order valence-corrected chi connectivity index (χ1v) is 5.20. The van der Waals surface area contributed by atoms with Gasteiger partial charge in [-0.15, -0.1) is 0 Å². The molecule has 2 heterocycles. The Morgan fingerprint density at radius 3 is 2.93 bits per heavy atom. The highest BCUT2D eigenvalue weighted by Crippen LogP contribution is 2.24. The molecule has 0 aliphatic carbocycles. The molecule has 0 bridgehead atoms. The number of ether oxygens (including phenoxy) is 1. The summed E-state index contributed by atoms with van der Waals surface area (Å²) in [6.07, 6.45) is 2.64. The molecule has 1 atom stereocenters. The summed E-state index contributed by atoms with van der Waals surface area (Å²) in [6, 6.07) is 1.96. The number of aryl methyl sites for hydroxylation is 2. The van der Waals surface area contributed by atoms with E-state index in [9.17, 15) is 0 Å². The van der Waals surface area contributed by atoms with E-state index in [2.05, 4.69) is 5.32 Å². The second-order valence-corrected chi connectivity index (χ2v) is 3.86. The van der Waals surface area contributed by atoms with Gasteiger partial charge in [-0.05, 0) is 33.2 Å². The lowest BCUT2D eigenvalue weighted by atomic mass is 10.1. The van der Waals surface area contributed by atoms with Crippen molar-refractivity contribution in [3.8, 4) is 5.75 Å². The van der Waals surface area contributed by atoms with Gasteiger partial charge in [0.05, 0.1) is 0 Å². The van der Waals surface area contributed by atoms with Gasteiger partial charge in [-0.25, -0.2) is 0 Å². The van der Waals surface area contributed by atoms with Crippen molar-refractivity contribution in [2.75, 3.05) is 13.1 Å². The Kier molecular flexibility index (Phi) is 2.77. The maximum atomic E-state index is 5.85. The van der Waals surface area contributed by atoms with E-state index in [1.165, 1.54) is 6.42 Å². The lowest BCUT2D eigenvalue weighted by Crippen LogP contribution is -2.37. The van der Waals surface area contributed by atoms with Crippen LogP contribution in [0, 0.1) is 13.8 Å². The zero-order valence-corrected chi connectivity index (χ0v) is 8.80. The molecule has 0 spiro atoms. The van der Waals surface area contributed by atoms with E-state index in [0.29, 0.717) is 6.10 Å². The standard InChI is InChI=1S/C11H17NO2/c1-8-6-11(9(2)13-8)14-10-4-3-5-12-7-10/h6,10,12H,3-5,7H2,1-2H3. The van der Waals surface area contributed by atoms with E-state index in [-0.39, 0.29) is 0 Å². The van der Waals surface area contributed by atoms with Crippen LogP contribution in [0.1, 0.15) is 24.4 Å².